The Bertz CT molecular complexity index is 422. The van der Waals surface area contributed by atoms with E-state index in [-0.39, 0.29) is 18.6 Å². The van der Waals surface area contributed by atoms with Crippen LogP contribution in [-0.4, -0.2) is 40.9 Å². The van der Waals surface area contributed by atoms with Crippen molar-refractivity contribution in [1.29, 1.82) is 0 Å². The normalized spacial score (nSPS) is 19.2. The number of amides is 1. The number of thioether (sulfide) groups is 1. The summed E-state index contributed by atoms with van der Waals surface area (Å²) in [5.74, 6) is 0.598. The highest BCUT2D eigenvalue weighted by Crippen LogP contribution is 2.24. The number of aliphatic hydroxyl groups excluding tert-OH is 1. The van der Waals surface area contributed by atoms with Gasteiger partial charge in [0.05, 0.1) is 18.4 Å². The molecule has 1 aromatic rings. The molecule has 1 fully saturated rings. The third-order valence-corrected chi connectivity index (χ3v) is 4.51. The first-order valence-electron chi connectivity index (χ1n) is 6.31. The summed E-state index contributed by atoms with van der Waals surface area (Å²) in [6.45, 7) is 2.93. The van der Waals surface area contributed by atoms with Crippen LogP contribution in [0.25, 0.3) is 0 Å². The quantitative estimate of drug-likeness (QED) is 0.847. The smallest absolute Gasteiger partial charge is 0.233 e. The first kappa shape index (κ1) is 13.4. The van der Waals surface area contributed by atoms with E-state index in [2.05, 4.69) is 13.0 Å². The molecule has 98 valence electrons. The summed E-state index contributed by atoms with van der Waals surface area (Å²) >= 11 is 1.58. The van der Waals surface area contributed by atoms with E-state index in [1.54, 1.807) is 11.8 Å². The van der Waals surface area contributed by atoms with Crippen LogP contribution in [0.5, 0.6) is 0 Å². The van der Waals surface area contributed by atoms with Crippen LogP contribution in [0, 0.1) is 6.92 Å². The highest BCUT2D eigenvalue weighted by Gasteiger charge is 2.27. The lowest BCUT2D eigenvalue weighted by molar-refractivity contribution is -0.129. The summed E-state index contributed by atoms with van der Waals surface area (Å²) < 4.78 is 0. The minimum absolute atomic E-state index is 0.0370. The fourth-order valence-electron chi connectivity index (χ4n) is 2.29. The van der Waals surface area contributed by atoms with Gasteiger partial charge in [-0.15, -0.1) is 11.8 Å². The van der Waals surface area contributed by atoms with Gasteiger partial charge in [0.1, 0.15) is 0 Å². The van der Waals surface area contributed by atoms with Gasteiger partial charge in [-0.2, -0.15) is 0 Å². The second kappa shape index (κ2) is 6.25. The third kappa shape index (κ3) is 3.06. The van der Waals surface area contributed by atoms with Crippen LogP contribution in [0.2, 0.25) is 0 Å². The van der Waals surface area contributed by atoms with Crippen molar-refractivity contribution in [2.45, 2.75) is 30.7 Å². The maximum Gasteiger partial charge on any atom is 0.233 e. The second-order valence-corrected chi connectivity index (χ2v) is 5.64. The Morgan fingerprint density at radius 1 is 1.50 bits per heavy atom. The molecule has 1 N–H and O–H groups in total. The molecule has 3 nitrogen and oxygen atoms in total. The zero-order valence-electron chi connectivity index (χ0n) is 10.6. The number of carbonyl (C=O) groups is 1. The van der Waals surface area contributed by atoms with Crippen LogP contribution < -0.4 is 0 Å². The number of benzene rings is 1. The van der Waals surface area contributed by atoms with Crippen LogP contribution in [0.4, 0.5) is 0 Å². The number of nitrogens with zero attached hydrogens (tertiary/aromatic N) is 1. The lowest BCUT2D eigenvalue weighted by Gasteiger charge is -2.22. The standard InChI is InChI=1S/C14H19NO2S/c1-11-5-2-3-7-13(11)18-10-14(17)15-8-4-6-12(15)9-16/h2-3,5,7,12,16H,4,6,8-10H2,1H3/t12-/m1/s1. The number of likely N-dealkylation sites (tertiary alicyclic amines) is 1. The van der Waals surface area contributed by atoms with Crippen LogP contribution in [-0.2, 0) is 4.79 Å². The van der Waals surface area contributed by atoms with E-state index in [1.165, 1.54) is 5.56 Å². The van der Waals surface area contributed by atoms with Crippen LogP contribution in [0.1, 0.15) is 18.4 Å². The maximum absolute atomic E-state index is 12.1. The van der Waals surface area contributed by atoms with E-state index < -0.39 is 0 Å². The van der Waals surface area contributed by atoms with Crippen molar-refractivity contribution in [2.75, 3.05) is 18.9 Å². The molecule has 0 unspecified atom stereocenters. The van der Waals surface area contributed by atoms with Gasteiger partial charge in [-0.3, -0.25) is 4.79 Å². The first-order valence-corrected chi connectivity index (χ1v) is 7.29. The summed E-state index contributed by atoms with van der Waals surface area (Å²) in [6, 6.07) is 8.13. The summed E-state index contributed by atoms with van der Waals surface area (Å²) in [4.78, 5) is 15.1. The number of hydrogen-bond acceptors (Lipinski definition) is 3. The van der Waals surface area contributed by atoms with E-state index in [1.807, 2.05) is 23.1 Å². The number of rotatable bonds is 4. The minimum Gasteiger partial charge on any atom is -0.394 e. The van der Waals surface area contributed by atoms with Gasteiger partial charge >= 0.3 is 0 Å². The average molecular weight is 265 g/mol. The minimum atomic E-state index is 0.0370. The molecule has 0 aromatic heterocycles. The number of carbonyl (C=O) groups excluding carboxylic acids is 1. The van der Waals surface area contributed by atoms with Crippen LogP contribution in [0.15, 0.2) is 29.2 Å². The number of hydrogen-bond donors (Lipinski definition) is 1. The highest BCUT2D eigenvalue weighted by molar-refractivity contribution is 8.00. The van der Waals surface area contributed by atoms with Crippen LogP contribution in [0.3, 0.4) is 0 Å². The molecule has 0 aliphatic carbocycles. The molecule has 0 spiro atoms. The van der Waals surface area contributed by atoms with Gasteiger partial charge in [-0.05, 0) is 31.4 Å². The molecular formula is C14H19NO2S. The van der Waals surface area contributed by atoms with Gasteiger partial charge in [0.15, 0.2) is 0 Å². The van der Waals surface area contributed by atoms with Crippen molar-refractivity contribution in [3.05, 3.63) is 29.8 Å². The molecular weight excluding hydrogens is 246 g/mol. The number of aliphatic hydroxyl groups is 1. The Morgan fingerprint density at radius 3 is 3.00 bits per heavy atom. The largest absolute Gasteiger partial charge is 0.394 e. The van der Waals surface area contributed by atoms with E-state index in [9.17, 15) is 9.90 Å². The van der Waals surface area contributed by atoms with E-state index >= 15 is 0 Å². The predicted molar refractivity (Wildman–Crippen MR) is 73.7 cm³/mol. The molecule has 1 aromatic carbocycles. The molecule has 2 rings (SSSR count). The molecule has 0 saturated carbocycles. The zero-order chi connectivity index (χ0) is 13.0. The SMILES string of the molecule is Cc1ccccc1SCC(=O)N1CCC[C@@H]1CO. The molecule has 0 radical (unpaired) electrons. The van der Waals surface area contributed by atoms with E-state index in [4.69, 9.17) is 0 Å². The Hall–Kier alpha value is -1.00. The van der Waals surface area contributed by atoms with Crippen molar-refractivity contribution in [2.24, 2.45) is 0 Å². The molecule has 1 aliphatic heterocycles. The highest BCUT2D eigenvalue weighted by atomic mass is 32.2. The molecule has 1 amide bonds. The van der Waals surface area contributed by atoms with Gasteiger partial charge in [-0.1, -0.05) is 18.2 Å². The lowest BCUT2D eigenvalue weighted by Crippen LogP contribution is -2.38. The van der Waals surface area contributed by atoms with Crippen molar-refractivity contribution in [3.8, 4) is 0 Å². The number of aryl methyl sites for hydroxylation is 1. The van der Waals surface area contributed by atoms with Crippen molar-refractivity contribution < 1.29 is 9.90 Å². The fraction of sp³-hybridized carbons (Fsp3) is 0.500. The second-order valence-electron chi connectivity index (χ2n) is 4.62. The molecule has 4 heteroatoms. The van der Waals surface area contributed by atoms with Gasteiger partial charge < -0.3 is 10.0 Å². The van der Waals surface area contributed by atoms with Crippen molar-refractivity contribution in [1.82, 2.24) is 4.90 Å². The van der Waals surface area contributed by atoms with Crippen molar-refractivity contribution >= 4 is 17.7 Å². The topological polar surface area (TPSA) is 40.5 Å². The molecule has 1 atom stereocenters. The molecule has 0 bridgehead atoms. The Morgan fingerprint density at radius 2 is 2.28 bits per heavy atom. The predicted octanol–water partition coefficient (Wildman–Crippen LogP) is 2.07. The van der Waals surface area contributed by atoms with Crippen LogP contribution >= 0.6 is 11.8 Å². The summed E-state index contributed by atoms with van der Waals surface area (Å²) in [5.41, 5.74) is 1.20. The summed E-state index contributed by atoms with van der Waals surface area (Å²) in [5, 5.41) is 9.21. The molecule has 18 heavy (non-hydrogen) atoms. The van der Waals surface area contributed by atoms with Gasteiger partial charge in [0.2, 0.25) is 5.91 Å². The average Bonchev–Trinajstić information content (AvgIpc) is 2.86. The molecule has 1 heterocycles. The fourth-order valence-corrected chi connectivity index (χ4v) is 3.21. The van der Waals surface area contributed by atoms with Gasteiger partial charge in [0, 0.05) is 11.4 Å². The van der Waals surface area contributed by atoms with Gasteiger partial charge in [-0.25, -0.2) is 0 Å². The Labute approximate surface area is 112 Å². The molecule has 1 aliphatic rings. The van der Waals surface area contributed by atoms with E-state index in [0.29, 0.717) is 5.75 Å². The Kier molecular flexibility index (Phi) is 4.66. The van der Waals surface area contributed by atoms with Crippen molar-refractivity contribution in [3.63, 3.8) is 0 Å². The lowest BCUT2D eigenvalue weighted by atomic mass is 10.2. The first-order chi connectivity index (χ1) is 8.72. The Balaban J connectivity index is 1.90. The van der Waals surface area contributed by atoms with Gasteiger partial charge in [0.25, 0.3) is 0 Å². The summed E-state index contributed by atoms with van der Waals surface area (Å²) in [7, 11) is 0. The monoisotopic (exact) mass is 265 g/mol. The maximum atomic E-state index is 12.1. The summed E-state index contributed by atoms with van der Waals surface area (Å²) in [6.07, 6.45) is 1.93. The third-order valence-electron chi connectivity index (χ3n) is 3.35. The molecule has 1 saturated heterocycles. The van der Waals surface area contributed by atoms with E-state index in [0.717, 1.165) is 24.3 Å². The zero-order valence-corrected chi connectivity index (χ0v) is 11.4.